The number of rotatable bonds is 2. The fraction of sp³-hybridized carbons (Fsp3) is 0. The molecule has 0 unspecified atom stereocenters. The van der Waals surface area contributed by atoms with Crippen molar-refractivity contribution in [1.29, 1.82) is 0 Å². The van der Waals surface area contributed by atoms with Gasteiger partial charge in [-0.25, -0.2) is 4.79 Å². The Kier molecular flexibility index (Phi) is 3.50. The van der Waals surface area contributed by atoms with Gasteiger partial charge in [-0.05, 0) is 58.3 Å². The molecule has 0 fully saturated rings. The van der Waals surface area contributed by atoms with E-state index in [4.69, 9.17) is 0 Å². The van der Waals surface area contributed by atoms with Crippen LogP contribution in [0.5, 0.6) is 0 Å². The van der Waals surface area contributed by atoms with Gasteiger partial charge in [0.25, 0.3) is 5.56 Å². The molecule has 0 amide bonds. The third kappa shape index (κ3) is 2.44. The van der Waals surface area contributed by atoms with Crippen molar-refractivity contribution >= 4 is 39.5 Å². The van der Waals surface area contributed by atoms with E-state index in [1.807, 2.05) is 36.4 Å². The Morgan fingerprint density at radius 1 is 1.05 bits per heavy atom. The van der Waals surface area contributed by atoms with Crippen molar-refractivity contribution in [2.45, 2.75) is 0 Å². The van der Waals surface area contributed by atoms with E-state index in [0.717, 1.165) is 3.57 Å². The topological polar surface area (TPSA) is 59.3 Å². The van der Waals surface area contributed by atoms with Crippen LogP contribution in [0.2, 0.25) is 0 Å². The van der Waals surface area contributed by atoms with Crippen LogP contribution in [0.15, 0.2) is 59.4 Å². The van der Waals surface area contributed by atoms with E-state index in [-0.39, 0.29) is 5.56 Å². The summed E-state index contributed by atoms with van der Waals surface area (Å²) in [5, 5.41) is 9.95. The van der Waals surface area contributed by atoms with Gasteiger partial charge in [0.2, 0.25) is 0 Å². The lowest BCUT2D eigenvalue weighted by molar-refractivity contribution is 0.0695. The maximum atomic E-state index is 12.5. The van der Waals surface area contributed by atoms with Crippen molar-refractivity contribution < 1.29 is 9.90 Å². The maximum absolute atomic E-state index is 12.5. The molecule has 1 aromatic heterocycles. The third-order valence-corrected chi connectivity index (χ3v) is 3.88. The molecule has 21 heavy (non-hydrogen) atoms. The van der Waals surface area contributed by atoms with Gasteiger partial charge in [-0.3, -0.25) is 9.36 Å². The van der Waals surface area contributed by atoms with Crippen LogP contribution in [0.1, 0.15) is 10.4 Å². The van der Waals surface area contributed by atoms with E-state index in [1.165, 1.54) is 10.6 Å². The number of pyridine rings is 1. The number of carbonyl (C=O) groups is 1. The summed E-state index contributed by atoms with van der Waals surface area (Å²) < 4.78 is 2.42. The Labute approximate surface area is 133 Å². The molecule has 0 bridgehead atoms. The molecular formula is C16H10INO3. The molecule has 0 aliphatic carbocycles. The smallest absolute Gasteiger partial charge is 0.341 e. The van der Waals surface area contributed by atoms with Gasteiger partial charge in [0.15, 0.2) is 0 Å². The van der Waals surface area contributed by atoms with Gasteiger partial charge < -0.3 is 5.11 Å². The molecule has 5 heteroatoms. The summed E-state index contributed by atoms with van der Waals surface area (Å²) in [7, 11) is 0. The van der Waals surface area contributed by atoms with Gasteiger partial charge >= 0.3 is 5.97 Å². The second-order valence-electron chi connectivity index (χ2n) is 4.54. The number of para-hydroxylation sites is 1. The molecule has 1 N–H and O–H groups in total. The van der Waals surface area contributed by atoms with Crippen molar-refractivity contribution in [3.8, 4) is 5.69 Å². The Morgan fingerprint density at radius 3 is 2.52 bits per heavy atom. The quantitative estimate of drug-likeness (QED) is 0.683. The molecule has 0 saturated heterocycles. The van der Waals surface area contributed by atoms with Crippen LogP contribution in [-0.4, -0.2) is 15.6 Å². The molecule has 3 aromatic rings. The van der Waals surface area contributed by atoms with E-state index in [2.05, 4.69) is 22.6 Å². The standard InChI is InChI=1S/C16H10INO3/c17-11-5-3-6-12(9-11)18-14-7-2-1-4-10(14)8-13(15(18)19)16(20)21/h1-9H,(H,20,21). The zero-order valence-corrected chi connectivity index (χ0v) is 12.9. The molecule has 0 atom stereocenters. The number of benzene rings is 2. The number of nitrogens with zero attached hydrogens (tertiary/aromatic N) is 1. The van der Waals surface area contributed by atoms with E-state index in [0.29, 0.717) is 16.6 Å². The van der Waals surface area contributed by atoms with Crippen molar-refractivity contribution in [2.24, 2.45) is 0 Å². The minimum atomic E-state index is -1.22. The maximum Gasteiger partial charge on any atom is 0.341 e. The van der Waals surface area contributed by atoms with Crippen LogP contribution >= 0.6 is 22.6 Å². The highest BCUT2D eigenvalue weighted by Crippen LogP contribution is 2.19. The number of halogens is 1. The molecule has 0 spiro atoms. The first kappa shape index (κ1) is 13.8. The molecule has 1 heterocycles. The number of fused-ring (bicyclic) bond motifs is 1. The SMILES string of the molecule is O=C(O)c1cc2ccccc2n(-c2cccc(I)c2)c1=O. The predicted molar refractivity (Wildman–Crippen MR) is 89.2 cm³/mol. The summed E-state index contributed by atoms with van der Waals surface area (Å²) in [4.78, 5) is 23.8. The highest BCUT2D eigenvalue weighted by atomic mass is 127. The average Bonchev–Trinajstić information content (AvgIpc) is 2.46. The van der Waals surface area contributed by atoms with Gasteiger partial charge in [-0.2, -0.15) is 0 Å². The zero-order chi connectivity index (χ0) is 15.0. The van der Waals surface area contributed by atoms with Gasteiger partial charge in [0.05, 0.1) is 11.2 Å². The van der Waals surface area contributed by atoms with Gasteiger partial charge in [0.1, 0.15) is 5.56 Å². The van der Waals surface area contributed by atoms with Gasteiger partial charge in [-0.15, -0.1) is 0 Å². The minimum Gasteiger partial charge on any atom is -0.477 e. The first-order chi connectivity index (χ1) is 10.1. The summed E-state index contributed by atoms with van der Waals surface area (Å²) >= 11 is 2.16. The number of carboxylic acid groups (broad SMARTS) is 1. The van der Waals surface area contributed by atoms with E-state index >= 15 is 0 Å². The van der Waals surface area contributed by atoms with Crippen LogP contribution < -0.4 is 5.56 Å². The second-order valence-corrected chi connectivity index (χ2v) is 5.79. The van der Waals surface area contributed by atoms with Crippen LogP contribution in [0.25, 0.3) is 16.6 Å². The Morgan fingerprint density at radius 2 is 1.81 bits per heavy atom. The largest absolute Gasteiger partial charge is 0.477 e. The number of hydrogen-bond acceptors (Lipinski definition) is 2. The van der Waals surface area contributed by atoms with Crippen LogP contribution in [0, 0.1) is 3.57 Å². The van der Waals surface area contributed by atoms with Crippen LogP contribution in [0.4, 0.5) is 0 Å². The first-order valence-electron chi connectivity index (χ1n) is 6.22. The van der Waals surface area contributed by atoms with E-state index in [9.17, 15) is 14.7 Å². The van der Waals surface area contributed by atoms with Crippen LogP contribution in [0.3, 0.4) is 0 Å². The molecule has 0 aliphatic heterocycles. The summed E-state index contributed by atoms with van der Waals surface area (Å²) in [6, 6.07) is 16.1. The molecule has 4 nitrogen and oxygen atoms in total. The lowest BCUT2D eigenvalue weighted by atomic mass is 10.1. The highest BCUT2D eigenvalue weighted by Gasteiger charge is 2.15. The molecule has 0 aliphatic rings. The number of aromatic nitrogens is 1. The lowest BCUT2D eigenvalue weighted by Crippen LogP contribution is -2.25. The molecule has 2 aromatic carbocycles. The Bertz CT molecular complexity index is 915. The fourth-order valence-corrected chi connectivity index (χ4v) is 2.81. The Balaban J connectivity index is 2.47. The summed E-state index contributed by atoms with van der Waals surface area (Å²) in [5.74, 6) is -1.22. The van der Waals surface area contributed by atoms with E-state index in [1.54, 1.807) is 12.1 Å². The van der Waals surface area contributed by atoms with Crippen molar-refractivity contribution in [1.82, 2.24) is 4.57 Å². The normalized spacial score (nSPS) is 10.7. The number of carboxylic acids is 1. The fourth-order valence-electron chi connectivity index (χ4n) is 2.29. The van der Waals surface area contributed by atoms with E-state index < -0.39 is 11.5 Å². The monoisotopic (exact) mass is 391 g/mol. The molecule has 0 saturated carbocycles. The van der Waals surface area contributed by atoms with Crippen molar-refractivity contribution in [2.75, 3.05) is 0 Å². The van der Waals surface area contributed by atoms with Gasteiger partial charge in [0, 0.05) is 3.57 Å². The number of aromatic carboxylic acids is 1. The summed E-state index contributed by atoms with van der Waals surface area (Å²) in [6.07, 6.45) is 0. The first-order valence-corrected chi connectivity index (χ1v) is 7.30. The lowest BCUT2D eigenvalue weighted by Gasteiger charge is -2.12. The predicted octanol–water partition coefficient (Wildman–Crippen LogP) is 3.29. The zero-order valence-electron chi connectivity index (χ0n) is 10.8. The second kappa shape index (κ2) is 5.33. The molecule has 3 rings (SSSR count). The van der Waals surface area contributed by atoms with Crippen molar-refractivity contribution in [3.63, 3.8) is 0 Å². The molecular weight excluding hydrogens is 381 g/mol. The Hall–Kier alpha value is -2.15. The van der Waals surface area contributed by atoms with Gasteiger partial charge in [-0.1, -0.05) is 24.3 Å². The average molecular weight is 391 g/mol. The summed E-state index contributed by atoms with van der Waals surface area (Å²) in [6.45, 7) is 0. The van der Waals surface area contributed by atoms with Crippen molar-refractivity contribution in [3.05, 3.63) is 74.1 Å². The minimum absolute atomic E-state index is 0.229. The molecule has 0 radical (unpaired) electrons. The molecule has 104 valence electrons. The number of hydrogen-bond donors (Lipinski definition) is 1. The highest BCUT2D eigenvalue weighted by molar-refractivity contribution is 14.1. The van der Waals surface area contributed by atoms with Crippen LogP contribution in [-0.2, 0) is 0 Å². The third-order valence-electron chi connectivity index (χ3n) is 3.21. The summed E-state index contributed by atoms with van der Waals surface area (Å²) in [5.41, 5.74) is 0.594.